The molecule has 1 aliphatic rings. The topological polar surface area (TPSA) is 128 Å². The van der Waals surface area contributed by atoms with Gasteiger partial charge < -0.3 is 0 Å². The maximum atomic E-state index is 12.4. The fourth-order valence-corrected chi connectivity index (χ4v) is 3.96. The predicted octanol–water partition coefficient (Wildman–Crippen LogP) is 1.97. The summed E-state index contributed by atoms with van der Waals surface area (Å²) in [7, 11) is -3.99. The fraction of sp³-hybridized carbons (Fsp3) is 0.250. The molecule has 1 aromatic heterocycles. The van der Waals surface area contributed by atoms with Crippen LogP contribution in [0.3, 0.4) is 0 Å². The number of carbonyl (C=O) groups is 1. The number of aromatic amines is 1. The minimum atomic E-state index is -3.99. The summed E-state index contributed by atoms with van der Waals surface area (Å²) in [5, 5.41) is 19.2. The van der Waals surface area contributed by atoms with Gasteiger partial charge in [-0.1, -0.05) is 32.9 Å². The first-order valence-corrected chi connectivity index (χ1v) is 8.87. The Hall–Kier alpha value is -2.99. The van der Waals surface area contributed by atoms with E-state index >= 15 is 0 Å². The zero-order valence-corrected chi connectivity index (χ0v) is 14.6. The lowest BCUT2D eigenvalue weighted by molar-refractivity contribution is 0.106. The number of benzene rings is 1. The third-order valence-corrected chi connectivity index (χ3v) is 5.48. The van der Waals surface area contributed by atoms with Crippen molar-refractivity contribution in [2.75, 3.05) is 5.43 Å². The predicted molar refractivity (Wildman–Crippen MR) is 91.0 cm³/mol. The summed E-state index contributed by atoms with van der Waals surface area (Å²) in [4.78, 5) is 12.2. The third kappa shape index (κ3) is 2.60. The van der Waals surface area contributed by atoms with Crippen LogP contribution in [0.4, 0.5) is 5.82 Å². The first-order valence-electron chi connectivity index (χ1n) is 7.39. The van der Waals surface area contributed by atoms with Crippen molar-refractivity contribution < 1.29 is 13.2 Å². The Balaban J connectivity index is 2.02. The normalized spacial score (nSPS) is 17.4. The summed E-state index contributed by atoms with van der Waals surface area (Å²) in [5.74, 6) is -0.618. The van der Waals surface area contributed by atoms with Crippen LogP contribution in [0.2, 0.25) is 0 Å². The molecule has 0 radical (unpaired) electrons. The molecule has 25 heavy (non-hydrogen) atoms. The lowest BCUT2D eigenvalue weighted by Gasteiger charge is -2.15. The van der Waals surface area contributed by atoms with Crippen LogP contribution in [-0.2, 0) is 15.3 Å². The van der Waals surface area contributed by atoms with Crippen molar-refractivity contribution in [2.24, 2.45) is 5.10 Å². The summed E-state index contributed by atoms with van der Waals surface area (Å²) in [6.45, 7) is 5.70. The molecule has 0 amide bonds. The van der Waals surface area contributed by atoms with E-state index in [9.17, 15) is 18.5 Å². The van der Waals surface area contributed by atoms with Crippen LogP contribution >= 0.6 is 0 Å². The highest BCUT2D eigenvalue weighted by molar-refractivity contribution is 8.09. The van der Waals surface area contributed by atoms with Gasteiger partial charge in [0.2, 0.25) is 20.7 Å². The molecule has 0 bridgehead atoms. The molecular weight excluding hydrogens is 342 g/mol. The molecule has 0 saturated carbocycles. The van der Waals surface area contributed by atoms with E-state index in [0.717, 1.165) is 0 Å². The second-order valence-electron chi connectivity index (χ2n) is 6.54. The van der Waals surface area contributed by atoms with Crippen LogP contribution in [0.1, 0.15) is 42.4 Å². The Kier molecular flexibility index (Phi) is 3.73. The number of sulfone groups is 1. The summed E-state index contributed by atoms with van der Waals surface area (Å²) in [6.07, 6.45) is 0. The summed E-state index contributed by atoms with van der Waals surface area (Å²) in [6, 6.07) is 7.93. The smallest absolute Gasteiger partial charge is 0.230 e. The van der Waals surface area contributed by atoms with Gasteiger partial charge in [-0.15, -0.1) is 0 Å². The van der Waals surface area contributed by atoms with Crippen LogP contribution in [-0.4, -0.2) is 29.4 Å². The number of rotatable bonds is 2. The Morgan fingerprint density at radius 1 is 1.28 bits per heavy atom. The van der Waals surface area contributed by atoms with E-state index in [1.165, 1.54) is 18.2 Å². The average molecular weight is 357 g/mol. The molecule has 0 fully saturated rings. The number of nitrogens with zero attached hydrogens (tertiary/aromatic N) is 3. The number of carbonyl (C=O) groups excluding carboxylic acids is 1. The summed E-state index contributed by atoms with van der Waals surface area (Å²) >= 11 is 0. The number of aromatic nitrogens is 2. The van der Waals surface area contributed by atoms with Crippen LogP contribution < -0.4 is 5.43 Å². The number of hydrogen-bond donors (Lipinski definition) is 2. The first kappa shape index (κ1) is 16.9. The minimum Gasteiger partial charge on any atom is -0.286 e. The lowest BCUT2D eigenvalue weighted by atomic mass is 9.90. The number of anilines is 1. The van der Waals surface area contributed by atoms with E-state index < -0.39 is 20.7 Å². The van der Waals surface area contributed by atoms with Gasteiger partial charge >= 0.3 is 0 Å². The van der Waals surface area contributed by atoms with E-state index in [4.69, 9.17) is 0 Å². The first-order chi connectivity index (χ1) is 11.7. The van der Waals surface area contributed by atoms with Gasteiger partial charge in [0.05, 0.1) is 10.6 Å². The standard InChI is InChI=1S/C16H15N5O3S/c1-16(2,3)13-10(8-17)14(19-18-13)20-21-15-12(22)9-6-4-5-7-11(9)25(15,23)24/h4-7H,1-3H3,(H2,18,19,20). The number of ketones is 1. The Labute approximate surface area is 144 Å². The number of nitrogens with one attached hydrogen (secondary N) is 2. The highest BCUT2D eigenvalue weighted by Gasteiger charge is 2.41. The van der Waals surface area contributed by atoms with Crippen molar-refractivity contribution in [3.63, 3.8) is 0 Å². The van der Waals surface area contributed by atoms with Crippen molar-refractivity contribution >= 4 is 26.5 Å². The van der Waals surface area contributed by atoms with Gasteiger partial charge in [-0.2, -0.15) is 15.5 Å². The maximum absolute atomic E-state index is 12.4. The number of nitriles is 1. The fourth-order valence-electron chi connectivity index (χ4n) is 2.52. The lowest BCUT2D eigenvalue weighted by Crippen LogP contribution is -2.17. The number of Topliss-reactive ketones (excluding diaryl/α,β-unsaturated/α-hetero) is 1. The molecule has 0 spiro atoms. The van der Waals surface area contributed by atoms with Crippen molar-refractivity contribution in [3.8, 4) is 6.07 Å². The van der Waals surface area contributed by atoms with Gasteiger partial charge in [0, 0.05) is 11.0 Å². The molecule has 0 unspecified atom stereocenters. The number of hydrazone groups is 1. The van der Waals surface area contributed by atoms with Crippen LogP contribution in [0.25, 0.3) is 0 Å². The summed E-state index contributed by atoms with van der Waals surface area (Å²) < 4.78 is 24.9. The second-order valence-corrected chi connectivity index (χ2v) is 8.37. The Morgan fingerprint density at radius 2 is 1.96 bits per heavy atom. The monoisotopic (exact) mass is 357 g/mol. The van der Waals surface area contributed by atoms with Gasteiger partial charge in [0.1, 0.15) is 11.6 Å². The molecule has 0 saturated heterocycles. The molecule has 3 rings (SSSR count). The second kappa shape index (κ2) is 5.53. The maximum Gasteiger partial charge on any atom is 0.230 e. The number of fused-ring (bicyclic) bond motifs is 1. The molecular formula is C16H15N5O3S. The molecule has 0 aliphatic carbocycles. The molecule has 1 aliphatic heterocycles. The van der Waals surface area contributed by atoms with E-state index in [0.29, 0.717) is 5.69 Å². The molecule has 2 N–H and O–H groups in total. The van der Waals surface area contributed by atoms with Gasteiger partial charge in [0.25, 0.3) is 0 Å². The van der Waals surface area contributed by atoms with E-state index in [-0.39, 0.29) is 27.3 Å². The Morgan fingerprint density at radius 3 is 2.56 bits per heavy atom. The molecule has 2 heterocycles. The SMILES string of the molecule is CC(C)(C)c1[nH]nc(NN=C2C(=O)c3ccccc3S2(=O)=O)c1C#N. The molecule has 1 aromatic carbocycles. The zero-order valence-electron chi connectivity index (χ0n) is 13.8. The largest absolute Gasteiger partial charge is 0.286 e. The molecule has 8 nitrogen and oxygen atoms in total. The zero-order chi connectivity index (χ0) is 18.4. The third-order valence-electron chi connectivity index (χ3n) is 3.76. The van der Waals surface area contributed by atoms with E-state index in [2.05, 4.69) is 20.7 Å². The van der Waals surface area contributed by atoms with Crippen molar-refractivity contribution in [2.45, 2.75) is 31.1 Å². The van der Waals surface area contributed by atoms with Crippen LogP contribution in [0.15, 0.2) is 34.3 Å². The minimum absolute atomic E-state index is 0.0684. The number of hydrogen-bond acceptors (Lipinski definition) is 7. The van der Waals surface area contributed by atoms with Gasteiger partial charge in [-0.05, 0) is 12.1 Å². The van der Waals surface area contributed by atoms with Crippen LogP contribution in [0, 0.1) is 11.3 Å². The van der Waals surface area contributed by atoms with Crippen molar-refractivity contribution in [1.82, 2.24) is 10.2 Å². The molecule has 9 heteroatoms. The molecule has 128 valence electrons. The van der Waals surface area contributed by atoms with Crippen molar-refractivity contribution in [3.05, 3.63) is 41.1 Å². The quantitative estimate of drug-likeness (QED) is 0.791. The molecule has 2 aromatic rings. The Bertz CT molecular complexity index is 1050. The summed E-state index contributed by atoms with van der Waals surface area (Å²) in [5.41, 5.74) is 2.97. The van der Waals surface area contributed by atoms with Crippen LogP contribution in [0.5, 0.6) is 0 Å². The van der Waals surface area contributed by atoms with E-state index in [1.54, 1.807) is 6.07 Å². The van der Waals surface area contributed by atoms with Gasteiger partial charge in [-0.25, -0.2) is 8.42 Å². The average Bonchev–Trinajstić information content (AvgIpc) is 3.04. The van der Waals surface area contributed by atoms with Gasteiger partial charge in [-0.3, -0.25) is 15.3 Å². The number of H-pyrrole nitrogens is 1. The molecule has 0 atom stereocenters. The van der Waals surface area contributed by atoms with Gasteiger partial charge in [0.15, 0.2) is 5.82 Å². The van der Waals surface area contributed by atoms with E-state index in [1.807, 2.05) is 26.8 Å². The highest BCUT2D eigenvalue weighted by Crippen LogP contribution is 2.29. The highest BCUT2D eigenvalue weighted by atomic mass is 32.2. The van der Waals surface area contributed by atoms with Crippen molar-refractivity contribution in [1.29, 1.82) is 5.26 Å².